The highest BCUT2D eigenvalue weighted by atomic mass is 15.2. The van der Waals surface area contributed by atoms with E-state index in [4.69, 9.17) is 0 Å². The summed E-state index contributed by atoms with van der Waals surface area (Å²) >= 11 is 0. The van der Waals surface area contributed by atoms with Gasteiger partial charge in [0, 0.05) is 27.7 Å². The average Bonchev–Trinajstić information content (AvgIpc) is 3.61. The van der Waals surface area contributed by atoms with Crippen molar-refractivity contribution in [3.05, 3.63) is 212 Å². The van der Waals surface area contributed by atoms with Crippen molar-refractivity contribution in [2.75, 3.05) is 4.90 Å². The second kappa shape index (κ2) is 13.3. The van der Waals surface area contributed by atoms with Gasteiger partial charge in [-0.2, -0.15) is 0 Å². The molecule has 1 aliphatic rings. The Labute approximate surface area is 326 Å². The molecule has 1 atom stereocenters. The van der Waals surface area contributed by atoms with E-state index >= 15 is 0 Å². The standard InChI is InChI=1S/C54H38N2/c1-3-14-37(15-4-1)40-29-31-46(54(35-40)56-52-24-11-9-22-49(52)50-23-10-12-25-53(50)56)41-17-13-20-43(34-41)55(42-18-5-2-6-19-42)44-30-26-39-28-32-47-45-21-8-7-16-38(45)27-33-48(47)51(39)36-44/h1-18,20-36,42H,19H2. The van der Waals surface area contributed by atoms with E-state index in [-0.39, 0.29) is 6.04 Å². The first-order valence-electron chi connectivity index (χ1n) is 19.5. The molecule has 0 amide bonds. The number of rotatable bonds is 6. The van der Waals surface area contributed by atoms with Crippen LogP contribution in [0.5, 0.6) is 0 Å². The monoisotopic (exact) mass is 714 g/mol. The molecule has 0 bridgehead atoms. The fourth-order valence-electron chi connectivity index (χ4n) is 9.02. The molecule has 1 unspecified atom stereocenters. The molecule has 0 saturated carbocycles. The normalized spacial score (nSPS) is 14.0. The Kier molecular flexibility index (Phi) is 7.67. The quantitative estimate of drug-likeness (QED) is 0.156. The van der Waals surface area contributed by atoms with Gasteiger partial charge in [0.05, 0.1) is 22.8 Å². The van der Waals surface area contributed by atoms with Gasteiger partial charge in [0.25, 0.3) is 0 Å². The largest absolute Gasteiger partial charge is 0.334 e. The Bertz CT molecular complexity index is 3130. The molecule has 56 heavy (non-hydrogen) atoms. The zero-order chi connectivity index (χ0) is 37.0. The van der Waals surface area contributed by atoms with Gasteiger partial charge in [0.2, 0.25) is 0 Å². The first kappa shape index (κ1) is 32.3. The van der Waals surface area contributed by atoms with Crippen LogP contribution in [0.2, 0.25) is 0 Å². The van der Waals surface area contributed by atoms with Gasteiger partial charge in [-0.25, -0.2) is 0 Å². The number of hydrogen-bond donors (Lipinski definition) is 0. The van der Waals surface area contributed by atoms with Crippen LogP contribution in [-0.2, 0) is 0 Å². The molecule has 11 rings (SSSR count). The van der Waals surface area contributed by atoms with Gasteiger partial charge in [-0.1, -0.05) is 170 Å². The van der Waals surface area contributed by atoms with Gasteiger partial charge < -0.3 is 9.47 Å². The van der Waals surface area contributed by atoms with Crippen molar-refractivity contribution in [2.45, 2.75) is 12.5 Å². The van der Waals surface area contributed by atoms with Crippen molar-refractivity contribution in [1.82, 2.24) is 4.57 Å². The van der Waals surface area contributed by atoms with Crippen LogP contribution < -0.4 is 4.90 Å². The highest BCUT2D eigenvalue weighted by molar-refractivity contribution is 6.18. The van der Waals surface area contributed by atoms with E-state index in [0.717, 1.165) is 17.8 Å². The Hall–Kier alpha value is -7.16. The molecule has 1 aromatic heterocycles. The molecule has 264 valence electrons. The van der Waals surface area contributed by atoms with Crippen molar-refractivity contribution in [1.29, 1.82) is 0 Å². The number of aromatic nitrogens is 1. The van der Waals surface area contributed by atoms with Crippen LogP contribution in [0.1, 0.15) is 6.42 Å². The number of allylic oxidation sites excluding steroid dienone is 2. The van der Waals surface area contributed by atoms with Crippen molar-refractivity contribution in [2.24, 2.45) is 0 Å². The van der Waals surface area contributed by atoms with Crippen molar-refractivity contribution < 1.29 is 0 Å². The van der Waals surface area contributed by atoms with Crippen molar-refractivity contribution >= 4 is 65.5 Å². The lowest BCUT2D eigenvalue weighted by molar-refractivity contribution is 0.785. The lowest BCUT2D eigenvalue weighted by Gasteiger charge is -2.33. The van der Waals surface area contributed by atoms with Gasteiger partial charge in [0.15, 0.2) is 0 Å². The second-order valence-electron chi connectivity index (χ2n) is 14.9. The molecule has 0 spiro atoms. The van der Waals surface area contributed by atoms with E-state index in [9.17, 15) is 0 Å². The summed E-state index contributed by atoms with van der Waals surface area (Å²) in [7, 11) is 0. The van der Waals surface area contributed by atoms with E-state index in [1.54, 1.807) is 0 Å². The summed E-state index contributed by atoms with van der Waals surface area (Å²) < 4.78 is 2.46. The molecule has 1 aliphatic carbocycles. The molecular formula is C54H38N2. The fourth-order valence-corrected chi connectivity index (χ4v) is 9.02. The van der Waals surface area contributed by atoms with Crippen LogP contribution in [0, 0.1) is 0 Å². The summed E-state index contributed by atoms with van der Waals surface area (Å²) in [5.41, 5.74) is 10.7. The summed E-state index contributed by atoms with van der Waals surface area (Å²) in [6.45, 7) is 0. The lowest BCUT2D eigenvalue weighted by atomic mass is 9.95. The van der Waals surface area contributed by atoms with Crippen LogP contribution in [0.15, 0.2) is 212 Å². The first-order chi connectivity index (χ1) is 27.8. The maximum absolute atomic E-state index is 2.53. The van der Waals surface area contributed by atoms with Crippen LogP contribution in [0.4, 0.5) is 11.4 Å². The summed E-state index contributed by atoms with van der Waals surface area (Å²) in [5.74, 6) is 0. The molecule has 2 nitrogen and oxygen atoms in total. The molecule has 10 aromatic rings. The third-order valence-corrected chi connectivity index (χ3v) is 11.7. The number of fused-ring (bicyclic) bond motifs is 8. The van der Waals surface area contributed by atoms with Gasteiger partial charge in [-0.3, -0.25) is 0 Å². The number of para-hydroxylation sites is 2. The predicted octanol–water partition coefficient (Wildman–Crippen LogP) is 14.6. The summed E-state index contributed by atoms with van der Waals surface area (Å²) in [5, 5.41) is 10.2. The third-order valence-electron chi connectivity index (χ3n) is 11.7. The Balaban J connectivity index is 1.11. The number of anilines is 2. The van der Waals surface area contributed by atoms with Gasteiger partial charge >= 0.3 is 0 Å². The van der Waals surface area contributed by atoms with Gasteiger partial charge in [0.1, 0.15) is 0 Å². The molecule has 9 aromatic carbocycles. The minimum atomic E-state index is 0.167. The third kappa shape index (κ3) is 5.33. The topological polar surface area (TPSA) is 8.17 Å². The molecule has 0 fully saturated rings. The molecular weight excluding hydrogens is 677 g/mol. The second-order valence-corrected chi connectivity index (χ2v) is 14.9. The van der Waals surface area contributed by atoms with Crippen LogP contribution in [0.25, 0.3) is 82.1 Å². The van der Waals surface area contributed by atoms with Gasteiger partial charge in [-0.05, 0) is 97.9 Å². The zero-order valence-corrected chi connectivity index (χ0v) is 30.9. The Morgan fingerprint density at radius 3 is 1.82 bits per heavy atom. The van der Waals surface area contributed by atoms with E-state index in [0.29, 0.717) is 0 Å². The molecule has 0 radical (unpaired) electrons. The maximum atomic E-state index is 2.53. The summed E-state index contributed by atoms with van der Waals surface area (Å²) in [6, 6.07) is 69.4. The van der Waals surface area contributed by atoms with Crippen LogP contribution in [-0.4, -0.2) is 10.6 Å². The minimum absolute atomic E-state index is 0.167. The average molecular weight is 715 g/mol. The molecule has 0 aliphatic heterocycles. The smallest absolute Gasteiger partial charge is 0.0559 e. The number of nitrogens with zero attached hydrogens (tertiary/aromatic N) is 2. The van der Waals surface area contributed by atoms with E-state index in [2.05, 4.69) is 222 Å². The molecule has 2 heteroatoms. The maximum Gasteiger partial charge on any atom is 0.0559 e. The van der Waals surface area contributed by atoms with E-state index < -0.39 is 0 Å². The number of hydrogen-bond acceptors (Lipinski definition) is 1. The molecule has 0 N–H and O–H groups in total. The summed E-state index contributed by atoms with van der Waals surface area (Å²) in [4.78, 5) is 2.53. The minimum Gasteiger partial charge on any atom is -0.334 e. The van der Waals surface area contributed by atoms with Crippen molar-refractivity contribution in [3.63, 3.8) is 0 Å². The zero-order valence-electron chi connectivity index (χ0n) is 30.9. The lowest BCUT2D eigenvalue weighted by Crippen LogP contribution is -2.29. The fraction of sp³-hybridized carbons (Fsp3) is 0.0370. The van der Waals surface area contributed by atoms with Gasteiger partial charge in [-0.15, -0.1) is 0 Å². The van der Waals surface area contributed by atoms with E-state index in [1.165, 1.54) is 82.1 Å². The highest BCUT2D eigenvalue weighted by Gasteiger charge is 2.22. The first-order valence-corrected chi connectivity index (χ1v) is 19.5. The SMILES string of the molecule is C1=CCC(N(c2cccc(-c3ccc(-c4ccccc4)cc3-n3c4ccccc4c4ccccc43)c2)c2ccc3ccc4c5ccccc5ccc4c3c2)C=C1. The van der Waals surface area contributed by atoms with Crippen LogP contribution >= 0.6 is 0 Å². The van der Waals surface area contributed by atoms with E-state index in [1.807, 2.05) is 0 Å². The van der Waals surface area contributed by atoms with Crippen LogP contribution in [0.3, 0.4) is 0 Å². The Morgan fingerprint density at radius 2 is 1.05 bits per heavy atom. The number of benzene rings is 9. The van der Waals surface area contributed by atoms with Crippen molar-refractivity contribution in [3.8, 4) is 27.9 Å². The Morgan fingerprint density at radius 1 is 0.411 bits per heavy atom. The summed E-state index contributed by atoms with van der Waals surface area (Å²) in [6.07, 6.45) is 9.91. The highest BCUT2D eigenvalue weighted by Crippen LogP contribution is 2.41. The predicted molar refractivity (Wildman–Crippen MR) is 239 cm³/mol. The molecule has 0 saturated heterocycles. The molecule has 1 heterocycles.